The lowest BCUT2D eigenvalue weighted by atomic mass is 10.3. The minimum Gasteiger partial charge on any atom is -0.330 e. The minimum atomic E-state index is -3.26. The van der Waals surface area contributed by atoms with Crippen molar-refractivity contribution < 1.29 is 8.42 Å². The predicted octanol–water partition coefficient (Wildman–Crippen LogP) is 1.50. The number of sulfonamides is 1. The highest BCUT2D eigenvalue weighted by atomic mass is 32.2. The number of anilines is 1. The zero-order valence-electron chi connectivity index (χ0n) is 9.14. The number of benzene rings is 1. The Hall–Kier alpha value is -0.720. The third-order valence-corrected chi connectivity index (χ3v) is 4.06. The number of hydrogen-bond acceptors (Lipinski definition) is 4. The van der Waals surface area contributed by atoms with E-state index in [0.29, 0.717) is 18.7 Å². The Morgan fingerprint density at radius 1 is 1.44 bits per heavy atom. The predicted molar refractivity (Wildman–Crippen MR) is 69.3 cm³/mol. The summed E-state index contributed by atoms with van der Waals surface area (Å²) in [6, 6.07) is 7.30. The topological polar surface area (TPSA) is 72.2 Å². The van der Waals surface area contributed by atoms with Crippen molar-refractivity contribution in [1.82, 2.24) is 0 Å². The molecular formula is C10H16N2O2S2. The lowest BCUT2D eigenvalue weighted by molar-refractivity contribution is 0.598. The van der Waals surface area contributed by atoms with Gasteiger partial charge in [0.25, 0.3) is 0 Å². The van der Waals surface area contributed by atoms with Gasteiger partial charge in [-0.3, -0.25) is 4.72 Å². The van der Waals surface area contributed by atoms with Crippen LogP contribution in [0.15, 0.2) is 29.2 Å². The molecule has 16 heavy (non-hydrogen) atoms. The molecule has 0 unspecified atom stereocenters. The molecule has 3 N–H and O–H groups in total. The summed E-state index contributed by atoms with van der Waals surface area (Å²) in [5, 5.41) is 0. The highest BCUT2D eigenvalue weighted by Crippen LogP contribution is 2.19. The summed E-state index contributed by atoms with van der Waals surface area (Å²) in [6.45, 7) is 0.381. The van der Waals surface area contributed by atoms with Crippen molar-refractivity contribution >= 4 is 27.5 Å². The van der Waals surface area contributed by atoms with Crippen molar-refractivity contribution in [3.05, 3.63) is 24.3 Å². The van der Waals surface area contributed by atoms with E-state index in [0.717, 1.165) is 4.90 Å². The highest BCUT2D eigenvalue weighted by Gasteiger charge is 2.09. The van der Waals surface area contributed by atoms with E-state index in [1.165, 1.54) is 0 Å². The van der Waals surface area contributed by atoms with Gasteiger partial charge >= 0.3 is 0 Å². The van der Waals surface area contributed by atoms with Crippen molar-refractivity contribution in [2.45, 2.75) is 11.3 Å². The Bertz CT molecular complexity index is 432. The maximum absolute atomic E-state index is 11.6. The molecule has 0 bridgehead atoms. The van der Waals surface area contributed by atoms with E-state index < -0.39 is 10.0 Å². The van der Waals surface area contributed by atoms with Gasteiger partial charge in [-0.15, -0.1) is 11.8 Å². The van der Waals surface area contributed by atoms with Crippen molar-refractivity contribution in [1.29, 1.82) is 0 Å². The van der Waals surface area contributed by atoms with Gasteiger partial charge in [-0.1, -0.05) is 6.07 Å². The molecule has 0 amide bonds. The second-order valence-electron chi connectivity index (χ2n) is 3.30. The van der Waals surface area contributed by atoms with Crippen LogP contribution >= 0.6 is 11.8 Å². The Morgan fingerprint density at radius 2 is 2.19 bits per heavy atom. The molecule has 0 spiro atoms. The molecule has 0 atom stereocenters. The molecule has 90 valence electrons. The van der Waals surface area contributed by atoms with Crippen LogP contribution < -0.4 is 10.5 Å². The average molecular weight is 260 g/mol. The van der Waals surface area contributed by atoms with E-state index >= 15 is 0 Å². The molecule has 0 saturated heterocycles. The van der Waals surface area contributed by atoms with E-state index in [4.69, 9.17) is 5.73 Å². The van der Waals surface area contributed by atoms with Crippen LogP contribution in [0.1, 0.15) is 6.42 Å². The van der Waals surface area contributed by atoms with Crippen molar-refractivity contribution in [2.24, 2.45) is 5.73 Å². The van der Waals surface area contributed by atoms with E-state index in [1.54, 1.807) is 17.8 Å². The molecule has 0 aromatic heterocycles. The third-order valence-electron chi connectivity index (χ3n) is 1.96. The van der Waals surface area contributed by atoms with E-state index in [9.17, 15) is 8.42 Å². The largest absolute Gasteiger partial charge is 0.330 e. The maximum atomic E-state index is 11.6. The smallest absolute Gasteiger partial charge is 0.232 e. The molecule has 0 radical (unpaired) electrons. The van der Waals surface area contributed by atoms with Gasteiger partial charge in [-0.05, 0) is 37.4 Å². The summed E-state index contributed by atoms with van der Waals surface area (Å²) >= 11 is 1.57. The lowest BCUT2D eigenvalue weighted by Crippen LogP contribution is -2.18. The average Bonchev–Trinajstić information content (AvgIpc) is 2.26. The van der Waals surface area contributed by atoms with E-state index in [-0.39, 0.29) is 5.75 Å². The first-order valence-corrected chi connectivity index (χ1v) is 7.80. The monoisotopic (exact) mass is 260 g/mol. The molecule has 0 aliphatic heterocycles. The van der Waals surface area contributed by atoms with Crippen LogP contribution in [0.4, 0.5) is 5.69 Å². The molecule has 0 fully saturated rings. The van der Waals surface area contributed by atoms with Crippen LogP contribution in [0.2, 0.25) is 0 Å². The molecule has 4 nitrogen and oxygen atoms in total. The maximum Gasteiger partial charge on any atom is 0.232 e. The first-order valence-electron chi connectivity index (χ1n) is 4.92. The number of thioether (sulfide) groups is 1. The molecule has 0 saturated carbocycles. The van der Waals surface area contributed by atoms with Gasteiger partial charge in [0.1, 0.15) is 0 Å². The molecule has 0 aliphatic rings. The van der Waals surface area contributed by atoms with Crippen LogP contribution in [-0.4, -0.2) is 27.0 Å². The summed E-state index contributed by atoms with van der Waals surface area (Å²) in [5.41, 5.74) is 5.88. The van der Waals surface area contributed by atoms with Crippen molar-refractivity contribution in [2.75, 3.05) is 23.3 Å². The van der Waals surface area contributed by atoms with Crippen LogP contribution in [0, 0.1) is 0 Å². The standard InChI is InChI=1S/C10H16N2O2S2/c1-15-10-5-2-4-9(8-10)12-16(13,14)7-3-6-11/h2,4-5,8,12H,3,6-7,11H2,1H3. The fourth-order valence-corrected chi connectivity index (χ4v) is 2.78. The first kappa shape index (κ1) is 13.3. The SMILES string of the molecule is CSc1cccc(NS(=O)(=O)CCCN)c1. The number of hydrogen-bond donors (Lipinski definition) is 2. The van der Waals surface area contributed by atoms with Gasteiger partial charge in [0.2, 0.25) is 10.0 Å². The van der Waals surface area contributed by atoms with Crippen LogP contribution in [0.3, 0.4) is 0 Å². The molecule has 1 aromatic rings. The van der Waals surface area contributed by atoms with E-state index in [1.807, 2.05) is 24.5 Å². The molecule has 1 aromatic carbocycles. The van der Waals surface area contributed by atoms with Gasteiger partial charge in [0, 0.05) is 10.6 Å². The van der Waals surface area contributed by atoms with Crippen LogP contribution in [0.5, 0.6) is 0 Å². The summed E-state index contributed by atoms with van der Waals surface area (Å²) in [5.74, 6) is 0.0625. The van der Waals surface area contributed by atoms with Crippen molar-refractivity contribution in [3.63, 3.8) is 0 Å². The molecule has 0 aliphatic carbocycles. The molecule has 1 rings (SSSR count). The van der Waals surface area contributed by atoms with Crippen LogP contribution in [0.25, 0.3) is 0 Å². The second-order valence-corrected chi connectivity index (χ2v) is 6.02. The highest BCUT2D eigenvalue weighted by molar-refractivity contribution is 7.98. The zero-order chi connectivity index (χ0) is 12.0. The fourth-order valence-electron chi connectivity index (χ4n) is 1.19. The zero-order valence-corrected chi connectivity index (χ0v) is 10.8. The van der Waals surface area contributed by atoms with Gasteiger partial charge in [0.15, 0.2) is 0 Å². The molecule has 6 heteroatoms. The fraction of sp³-hybridized carbons (Fsp3) is 0.400. The van der Waals surface area contributed by atoms with Gasteiger partial charge < -0.3 is 5.73 Å². The summed E-state index contributed by atoms with van der Waals surface area (Å²) < 4.78 is 25.7. The Labute approximate surface area is 101 Å². The normalized spacial score (nSPS) is 11.4. The Kier molecular flexibility index (Phi) is 5.11. The first-order chi connectivity index (χ1) is 7.57. The lowest BCUT2D eigenvalue weighted by Gasteiger charge is -2.08. The number of nitrogens with two attached hydrogens (primary N) is 1. The second kappa shape index (κ2) is 6.12. The third kappa shape index (κ3) is 4.42. The Morgan fingerprint density at radius 3 is 2.81 bits per heavy atom. The van der Waals surface area contributed by atoms with Gasteiger partial charge in [-0.2, -0.15) is 0 Å². The summed E-state index contributed by atoms with van der Waals surface area (Å²) in [6.07, 6.45) is 2.42. The number of nitrogens with one attached hydrogen (secondary N) is 1. The molecular weight excluding hydrogens is 244 g/mol. The van der Waals surface area contributed by atoms with E-state index in [2.05, 4.69) is 4.72 Å². The minimum absolute atomic E-state index is 0.0625. The molecule has 0 heterocycles. The quantitative estimate of drug-likeness (QED) is 0.760. The number of rotatable bonds is 6. The Balaban J connectivity index is 2.72. The summed E-state index contributed by atoms with van der Waals surface area (Å²) in [4.78, 5) is 1.03. The van der Waals surface area contributed by atoms with Crippen molar-refractivity contribution in [3.8, 4) is 0 Å². The summed E-state index contributed by atoms with van der Waals surface area (Å²) in [7, 11) is -3.26. The van der Waals surface area contributed by atoms with Gasteiger partial charge in [0.05, 0.1) is 5.75 Å². The van der Waals surface area contributed by atoms with Crippen LogP contribution in [-0.2, 0) is 10.0 Å². The van der Waals surface area contributed by atoms with Gasteiger partial charge in [-0.25, -0.2) is 8.42 Å².